The number of aryl methyl sites for hydroxylation is 1. The number of unbranched alkanes of at least 4 members (excludes halogenated alkanes) is 9. The third-order valence-electron chi connectivity index (χ3n) is 5.13. The summed E-state index contributed by atoms with van der Waals surface area (Å²) < 4.78 is 18.5. The van der Waals surface area contributed by atoms with Crippen LogP contribution in [0.15, 0.2) is 6.07 Å². The summed E-state index contributed by atoms with van der Waals surface area (Å²) in [5, 5.41) is 0.880. The average Bonchev–Trinajstić information content (AvgIpc) is 2.71. The minimum atomic E-state index is 0.711. The standard InChI is InChI=1S/C25H43O3Si/c1-5-8-11-14-17-26-22-20-21(4)23(27-18-15-12-9-6-2)24(25(22)29)28-19-16-13-10-7-3/h20H,5-19H2,1-4H3. The molecule has 0 heterocycles. The van der Waals surface area contributed by atoms with Gasteiger partial charge in [-0.2, -0.15) is 0 Å². The van der Waals surface area contributed by atoms with Crippen LogP contribution >= 0.6 is 0 Å². The molecule has 4 heteroatoms. The molecule has 0 unspecified atom stereocenters. The molecule has 0 aliphatic carbocycles. The van der Waals surface area contributed by atoms with Crippen molar-refractivity contribution in [2.24, 2.45) is 0 Å². The van der Waals surface area contributed by atoms with Crippen molar-refractivity contribution in [2.45, 2.75) is 105 Å². The van der Waals surface area contributed by atoms with E-state index >= 15 is 0 Å². The maximum Gasteiger partial charge on any atom is 0.164 e. The van der Waals surface area contributed by atoms with Crippen LogP contribution in [-0.4, -0.2) is 30.1 Å². The minimum absolute atomic E-state index is 0.711. The van der Waals surface area contributed by atoms with Gasteiger partial charge >= 0.3 is 0 Å². The molecule has 29 heavy (non-hydrogen) atoms. The van der Waals surface area contributed by atoms with Crippen LogP contribution in [0.3, 0.4) is 0 Å². The lowest BCUT2D eigenvalue weighted by Gasteiger charge is -2.20. The topological polar surface area (TPSA) is 27.7 Å². The highest BCUT2D eigenvalue weighted by Crippen LogP contribution is 2.33. The van der Waals surface area contributed by atoms with E-state index in [0.717, 1.165) is 60.5 Å². The Morgan fingerprint density at radius 2 is 1.07 bits per heavy atom. The molecule has 0 aromatic heterocycles. The molecule has 0 spiro atoms. The Hall–Kier alpha value is -1.16. The molecule has 1 rings (SSSR count). The predicted molar refractivity (Wildman–Crippen MR) is 125 cm³/mol. The normalized spacial score (nSPS) is 10.9. The van der Waals surface area contributed by atoms with Crippen molar-refractivity contribution >= 4 is 15.4 Å². The first kappa shape index (κ1) is 25.9. The Balaban J connectivity index is 2.80. The third-order valence-corrected chi connectivity index (χ3v) is 5.60. The van der Waals surface area contributed by atoms with Gasteiger partial charge in [0.2, 0.25) is 0 Å². The van der Waals surface area contributed by atoms with Crippen LogP contribution in [0, 0.1) is 6.92 Å². The summed E-state index contributed by atoms with van der Waals surface area (Å²) in [6.45, 7) is 11.0. The molecule has 0 bridgehead atoms. The van der Waals surface area contributed by atoms with Crippen molar-refractivity contribution in [1.29, 1.82) is 0 Å². The van der Waals surface area contributed by atoms with Gasteiger partial charge in [0.15, 0.2) is 11.5 Å². The zero-order chi connectivity index (χ0) is 21.3. The number of ether oxygens (including phenoxy) is 3. The molecule has 0 N–H and O–H groups in total. The van der Waals surface area contributed by atoms with Crippen molar-refractivity contribution in [3.8, 4) is 17.2 Å². The zero-order valence-corrected chi connectivity index (χ0v) is 20.4. The SMILES string of the molecule is CCCCCCOc1cc(C)c(OCCCCCC)c(OCCCCCC)c1[Si]. The average molecular weight is 420 g/mol. The van der Waals surface area contributed by atoms with E-state index < -0.39 is 0 Å². The maximum absolute atomic E-state index is 6.21. The second-order valence-electron chi connectivity index (χ2n) is 7.95. The first-order chi connectivity index (χ1) is 14.2. The Kier molecular flexibility index (Phi) is 14.8. The van der Waals surface area contributed by atoms with Gasteiger partial charge in [-0.25, -0.2) is 0 Å². The van der Waals surface area contributed by atoms with Gasteiger partial charge < -0.3 is 14.2 Å². The van der Waals surface area contributed by atoms with Gasteiger partial charge in [0.1, 0.15) is 5.75 Å². The lowest BCUT2D eigenvalue weighted by Crippen LogP contribution is -2.17. The number of hydrogen-bond donors (Lipinski definition) is 0. The molecular formula is C25H43O3Si. The number of hydrogen-bond acceptors (Lipinski definition) is 3. The first-order valence-electron chi connectivity index (χ1n) is 11.9. The van der Waals surface area contributed by atoms with Gasteiger partial charge in [-0.05, 0) is 37.8 Å². The molecular weight excluding hydrogens is 376 g/mol. The summed E-state index contributed by atoms with van der Waals surface area (Å²) in [5.41, 5.74) is 1.08. The van der Waals surface area contributed by atoms with Crippen molar-refractivity contribution in [3.05, 3.63) is 11.6 Å². The fourth-order valence-electron chi connectivity index (χ4n) is 3.29. The number of rotatable bonds is 18. The summed E-state index contributed by atoms with van der Waals surface area (Å²) in [5.74, 6) is 2.52. The van der Waals surface area contributed by atoms with E-state index in [2.05, 4.69) is 44.0 Å². The van der Waals surface area contributed by atoms with E-state index in [4.69, 9.17) is 14.2 Å². The van der Waals surface area contributed by atoms with E-state index in [-0.39, 0.29) is 0 Å². The van der Waals surface area contributed by atoms with Crippen LogP contribution in [0.4, 0.5) is 0 Å². The molecule has 0 fully saturated rings. The summed E-state index contributed by atoms with van der Waals surface area (Å²) in [4.78, 5) is 0. The molecule has 1 aromatic rings. The highest BCUT2D eigenvalue weighted by molar-refractivity contribution is 6.36. The van der Waals surface area contributed by atoms with Gasteiger partial charge in [-0.3, -0.25) is 0 Å². The van der Waals surface area contributed by atoms with Crippen LogP contribution in [0.25, 0.3) is 0 Å². The molecule has 0 atom stereocenters. The fourth-order valence-corrected chi connectivity index (χ4v) is 3.62. The van der Waals surface area contributed by atoms with Gasteiger partial charge in [-0.15, -0.1) is 0 Å². The summed E-state index contributed by atoms with van der Waals surface area (Å²) in [6, 6.07) is 2.08. The predicted octanol–water partition coefficient (Wildman–Crippen LogP) is 6.67. The minimum Gasteiger partial charge on any atom is -0.494 e. The van der Waals surface area contributed by atoms with Crippen molar-refractivity contribution in [1.82, 2.24) is 0 Å². The monoisotopic (exact) mass is 419 g/mol. The largest absolute Gasteiger partial charge is 0.494 e. The Morgan fingerprint density at radius 3 is 1.55 bits per heavy atom. The number of benzene rings is 1. The van der Waals surface area contributed by atoms with Crippen LogP contribution in [0.5, 0.6) is 17.2 Å². The third kappa shape index (κ3) is 10.4. The van der Waals surface area contributed by atoms with E-state index in [0.29, 0.717) is 6.61 Å². The molecule has 0 aliphatic heterocycles. The molecule has 0 saturated carbocycles. The van der Waals surface area contributed by atoms with E-state index in [1.165, 1.54) is 57.8 Å². The highest BCUT2D eigenvalue weighted by Gasteiger charge is 2.17. The molecule has 165 valence electrons. The van der Waals surface area contributed by atoms with Crippen LogP contribution < -0.4 is 19.4 Å². The summed E-state index contributed by atoms with van der Waals surface area (Å²) >= 11 is 0. The quantitative estimate of drug-likeness (QED) is 0.196. The van der Waals surface area contributed by atoms with E-state index in [9.17, 15) is 0 Å². The zero-order valence-electron chi connectivity index (χ0n) is 19.4. The Labute approximate surface area is 183 Å². The van der Waals surface area contributed by atoms with Crippen LogP contribution in [0.2, 0.25) is 0 Å². The lowest BCUT2D eigenvalue weighted by atomic mass is 10.1. The van der Waals surface area contributed by atoms with Gasteiger partial charge in [0.05, 0.1) is 30.1 Å². The first-order valence-corrected chi connectivity index (χ1v) is 12.4. The highest BCUT2D eigenvalue weighted by atomic mass is 28.1. The van der Waals surface area contributed by atoms with Gasteiger partial charge in [-0.1, -0.05) is 78.6 Å². The molecule has 3 nitrogen and oxygen atoms in total. The van der Waals surface area contributed by atoms with Crippen molar-refractivity contribution in [3.63, 3.8) is 0 Å². The summed E-state index contributed by atoms with van der Waals surface area (Å²) in [6.07, 6.45) is 14.3. The van der Waals surface area contributed by atoms with Gasteiger partial charge in [0.25, 0.3) is 0 Å². The van der Waals surface area contributed by atoms with Gasteiger partial charge in [0, 0.05) is 5.19 Å². The fraction of sp³-hybridized carbons (Fsp3) is 0.760. The molecule has 1 aromatic carbocycles. The molecule has 0 saturated heterocycles. The molecule has 0 amide bonds. The summed E-state index contributed by atoms with van der Waals surface area (Å²) in [7, 11) is 3.80. The Bertz CT molecular complexity index is 545. The smallest absolute Gasteiger partial charge is 0.164 e. The second-order valence-corrected chi connectivity index (χ2v) is 8.45. The molecule has 3 radical (unpaired) electrons. The van der Waals surface area contributed by atoms with Crippen molar-refractivity contribution in [2.75, 3.05) is 19.8 Å². The molecule has 0 aliphatic rings. The van der Waals surface area contributed by atoms with Crippen molar-refractivity contribution < 1.29 is 14.2 Å². The second kappa shape index (κ2) is 16.6. The van der Waals surface area contributed by atoms with Crippen LogP contribution in [0.1, 0.15) is 103 Å². The lowest BCUT2D eigenvalue weighted by molar-refractivity contribution is 0.256. The Morgan fingerprint density at radius 1 is 0.621 bits per heavy atom. The van der Waals surface area contributed by atoms with E-state index in [1.807, 2.05) is 0 Å². The van der Waals surface area contributed by atoms with Crippen LogP contribution in [-0.2, 0) is 0 Å². The van der Waals surface area contributed by atoms with E-state index in [1.54, 1.807) is 0 Å². The maximum atomic E-state index is 6.21.